The first-order chi connectivity index (χ1) is 13.1. The van der Waals surface area contributed by atoms with Crippen LogP contribution >= 0.6 is 34.7 Å². The lowest BCUT2D eigenvalue weighted by Crippen LogP contribution is -2.28. The Balaban J connectivity index is 1.70. The molecule has 0 saturated heterocycles. The van der Waals surface area contributed by atoms with Gasteiger partial charge >= 0.3 is 0 Å². The van der Waals surface area contributed by atoms with Crippen LogP contribution in [0.2, 0.25) is 5.02 Å². The van der Waals surface area contributed by atoms with E-state index in [1.165, 1.54) is 16.6 Å². The maximum Gasteiger partial charge on any atom is 0.262 e. The van der Waals surface area contributed by atoms with E-state index in [2.05, 4.69) is 16.4 Å². The van der Waals surface area contributed by atoms with E-state index < -0.39 is 0 Å². The zero-order valence-electron chi connectivity index (χ0n) is 14.9. The topological polar surface area (TPSA) is 64.0 Å². The number of carbonyl (C=O) groups is 1. The number of rotatable bonds is 8. The fraction of sp³-hybridized carbons (Fsp3) is 0.316. The number of benzene rings is 1. The van der Waals surface area contributed by atoms with Crippen molar-refractivity contribution < 1.29 is 4.79 Å². The average Bonchev–Trinajstić information content (AvgIpc) is 3.16. The van der Waals surface area contributed by atoms with Gasteiger partial charge in [-0.05, 0) is 42.5 Å². The summed E-state index contributed by atoms with van der Waals surface area (Å²) in [6.07, 6.45) is 1.63. The Bertz CT molecular complexity index is 987. The van der Waals surface area contributed by atoms with E-state index in [9.17, 15) is 9.59 Å². The van der Waals surface area contributed by atoms with Crippen LogP contribution in [-0.4, -0.2) is 27.8 Å². The molecule has 0 atom stereocenters. The van der Waals surface area contributed by atoms with Gasteiger partial charge in [0, 0.05) is 23.0 Å². The highest BCUT2D eigenvalue weighted by Gasteiger charge is 2.13. The van der Waals surface area contributed by atoms with E-state index in [-0.39, 0.29) is 17.2 Å². The number of aromatic nitrogens is 2. The van der Waals surface area contributed by atoms with Gasteiger partial charge in [0.25, 0.3) is 5.56 Å². The SMILES string of the molecule is CCCn1c(SCC(=O)NCCc2cccs2)nc2cc(Cl)ccc2c1=O. The van der Waals surface area contributed by atoms with Crippen LogP contribution in [0.3, 0.4) is 0 Å². The zero-order valence-corrected chi connectivity index (χ0v) is 17.3. The molecule has 5 nitrogen and oxygen atoms in total. The molecule has 3 aromatic rings. The molecule has 142 valence electrons. The van der Waals surface area contributed by atoms with Crippen molar-refractivity contribution in [2.75, 3.05) is 12.3 Å². The largest absolute Gasteiger partial charge is 0.355 e. The van der Waals surface area contributed by atoms with Crippen LogP contribution in [0.1, 0.15) is 18.2 Å². The lowest BCUT2D eigenvalue weighted by molar-refractivity contribution is -0.118. The summed E-state index contributed by atoms with van der Waals surface area (Å²) in [6.45, 7) is 3.17. The van der Waals surface area contributed by atoms with Gasteiger partial charge in [-0.2, -0.15) is 0 Å². The molecule has 0 aliphatic rings. The van der Waals surface area contributed by atoms with Gasteiger partial charge in [0.05, 0.1) is 16.7 Å². The number of thioether (sulfide) groups is 1. The number of nitrogens with one attached hydrogen (secondary N) is 1. The van der Waals surface area contributed by atoms with Gasteiger partial charge in [0.1, 0.15) is 0 Å². The normalized spacial score (nSPS) is 11.0. The summed E-state index contributed by atoms with van der Waals surface area (Å²) in [5, 5.41) is 6.56. The molecule has 0 bridgehead atoms. The van der Waals surface area contributed by atoms with Crippen LogP contribution in [-0.2, 0) is 17.8 Å². The first kappa shape index (κ1) is 19.9. The predicted molar refractivity (Wildman–Crippen MR) is 113 cm³/mol. The van der Waals surface area contributed by atoms with E-state index in [1.54, 1.807) is 34.1 Å². The summed E-state index contributed by atoms with van der Waals surface area (Å²) >= 11 is 8.99. The van der Waals surface area contributed by atoms with Crippen molar-refractivity contribution in [3.63, 3.8) is 0 Å². The highest BCUT2D eigenvalue weighted by Crippen LogP contribution is 2.20. The monoisotopic (exact) mass is 421 g/mol. The van der Waals surface area contributed by atoms with Crippen molar-refractivity contribution in [1.82, 2.24) is 14.9 Å². The Morgan fingerprint density at radius 3 is 2.96 bits per heavy atom. The zero-order chi connectivity index (χ0) is 19.2. The molecule has 0 aliphatic heterocycles. The fourth-order valence-corrected chi connectivity index (χ4v) is 4.40. The van der Waals surface area contributed by atoms with Crippen molar-refractivity contribution in [1.29, 1.82) is 0 Å². The second-order valence-corrected chi connectivity index (χ2v) is 8.39. The minimum Gasteiger partial charge on any atom is -0.355 e. The molecule has 8 heteroatoms. The molecule has 0 radical (unpaired) electrons. The minimum absolute atomic E-state index is 0.0694. The van der Waals surface area contributed by atoms with Crippen LogP contribution in [0.5, 0.6) is 0 Å². The first-order valence-electron chi connectivity index (χ1n) is 8.70. The minimum atomic E-state index is -0.0980. The summed E-state index contributed by atoms with van der Waals surface area (Å²) in [7, 11) is 0. The number of carbonyl (C=O) groups excluding carboxylic acids is 1. The average molecular weight is 422 g/mol. The van der Waals surface area contributed by atoms with Crippen molar-refractivity contribution >= 4 is 51.5 Å². The summed E-state index contributed by atoms with van der Waals surface area (Å²) in [5.41, 5.74) is 0.458. The quantitative estimate of drug-likeness (QED) is 0.441. The van der Waals surface area contributed by atoms with E-state index in [0.717, 1.165) is 12.8 Å². The van der Waals surface area contributed by atoms with Crippen LogP contribution in [0.4, 0.5) is 0 Å². The van der Waals surface area contributed by atoms with E-state index in [1.807, 2.05) is 18.4 Å². The molecule has 0 unspecified atom stereocenters. The Hall–Kier alpha value is -1.83. The predicted octanol–water partition coefficient (Wildman–Crippen LogP) is 3.97. The number of nitrogens with zero attached hydrogens (tertiary/aromatic N) is 2. The molecular weight excluding hydrogens is 402 g/mol. The molecule has 0 aliphatic carbocycles. The molecular formula is C19H20ClN3O2S2. The van der Waals surface area contributed by atoms with Crippen molar-refractivity contribution in [3.05, 3.63) is 56.0 Å². The molecule has 2 heterocycles. The fourth-order valence-electron chi connectivity index (χ4n) is 2.67. The maximum atomic E-state index is 12.8. The second kappa shape index (κ2) is 9.39. The van der Waals surface area contributed by atoms with Gasteiger partial charge in [-0.1, -0.05) is 36.4 Å². The van der Waals surface area contributed by atoms with Crippen molar-refractivity contribution in [2.24, 2.45) is 0 Å². The molecule has 2 aromatic heterocycles. The molecule has 1 amide bonds. The third-order valence-corrected chi connectivity index (χ3v) is 6.08. The van der Waals surface area contributed by atoms with Crippen molar-refractivity contribution in [3.8, 4) is 0 Å². The number of hydrogen-bond acceptors (Lipinski definition) is 5. The number of thiophene rings is 1. The highest BCUT2D eigenvalue weighted by atomic mass is 35.5. The number of fused-ring (bicyclic) bond motifs is 1. The number of amides is 1. The van der Waals surface area contributed by atoms with E-state index in [4.69, 9.17) is 11.6 Å². The lowest BCUT2D eigenvalue weighted by atomic mass is 10.2. The second-order valence-electron chi connectivity index (χ2n) is 5.98. The summed E-state index contributed by atoms with van der Waals surface area (Å²) < 4.78 is 1.64. The molecule has 0 fully saturated rings. The Labute approximate surface area is 170 Å². The summed E-state index contributed by atoms with van der Waals surface area (Å²) in [5.74, 6) is 0.146. The third kappa shape index (κ3) is 5.12. The Kier molecular flexibility index (Phi) is 6.93. The van der Waals surface area contributed by atoms with Gasteiger partial charge in [0.2, 0.25) is 5.91 Å². The van der Waals surface area contributed by atoms with E-state index >= 15 is 0 Å². The van der Waals surface area contributed by atoms with Crippen molar-refractivity contribution in [2.45, 2.75) is 31.5 Å². The standard InChI is InChI=1S/C19H20ClN3O2S2/c1-2-9-23-18(25)15-6-5-13(20)11-16(15)22-19(23)27-12-17(24)21-8-7-14-4-3-10-26-14/h3-6,10-11H,2,7-9,12H2,1H3,(H,21,24). The summed E-state index contributed by atoms with van der Waals surface area (Å²) in [6, 6.07) is 9.13. The molecule has 0 saturated carbocycles. The Morgan fingerprint density at radius 2 is 2.22 bits per heavy atom. The maximum absolute atomic E-state index is 12.8. The van der Waals surface area contributed by atoms with Gasteiger partial charge < -0.3 is 5.32 Å². The molecule has 3 rings (SSSR count). The number of halogens is 1. The van der Waals surface area contributed by atoms with Crippen LogP contribution in [0, 0.1) is 0 Å². The van der Waals surface area contributed by atoms with E-state index in [0.29, 0.717) is 34.2 Å². The van der Waals surface area contributed by atoms with Crippen LogP contribution in [0.15, 0.2) is 45.7 Å². The Morgan fingerprint density at radius 1 is 1.37 bits per heavy atom. The number of hydrogen-bond donors (Lipinski definition) is 1. The third-order valence-electron chi connectivity index (χ3n) is 3.94. The smallest absolute Gasteiger partial charge is 0.262 e. The lowest BCUT2D eigenvalue weighted by Gasteiger charge is -2.12. The highest BCUT2D eigenvalue weighted by molar-refractivity contribution is 7.99. The van der Waals surface area contributed by atoms with Gasteiger partial charge in [-0.15, -0.1) is 11.3 Å². The summed E-state index contributed by atoms with van der Waals surface area (Å²) in [4.78, 5) is 30.7. The van der Waals surface area contributed by atoms with Crippen LogP contribution in [0.25, 0.3) is 10.9 Å². The van der Waals surface area contributed by atoms with Gasteiger partial charge in [-0.3, -0.25) is 14.2 Å². The molecule has 0 spiro atoms. The molecule has 1 aromatic carbocycles. The first-order valence-corrected chi connectivity index (χ1v) is 10.9. The van der Waals surface area contributed by atoms with Gasteiger partial charge in [-0.25, -0.2) is 4.98 Å². The van der Waals surface area contributed by atoms with Crippen LogP contribution < -0.4 is 10.9 Å². The molecule has 1 N–H and O–H groups in total. The van der Waals surface area contributed by atoms with Gasteiger partial charge in [0.15, 0.2) is 5.16 Å². The molecule has 27 heavy (non-hydrogen) atoms.